The molecule has 3 rings (SSSR count). The van der Waals surface area contributed by atoms with Crippen LogP contribution in [-0.4, -0.2) is 15.4 Å². The lowest BCUT2D eigenvalue weighted by Gasteiger charge is -2.01. The van der Waals surface area contributed by atoms with Crippen LogP contribution in [-0.2, 0) is 0 Å². The van der Waals surface area contributed by atoms with Gasteiger partial charge >= 0.3 is 5.69 Å². The van der Waals surface area contributed by atoms with Crippen LogP contribution < -0.4 is 5.69 Å². The Bertz CT molecular complexity index is 603. The second-order valence-corrected chi connectivity index (χ2v) is 4.30. The van der Waals surface area contributed by atoms with Crippen LogP contribution in [0.2, 0.25) is 0 Å². The number of benzene rings is 1. The molecule has 0 aliphatic heterocycles. The van der Waals surface area contributed by atoms with Crippen molar-refractivity contribution >= 4 is 6.29 Å². The van der Waals surface area contributed by atoms with Crippen LogP contribution in [0.15, 0.2) is 41.5 Å². The minimum absolute atomic E-state index is 0.00801. The van der Waals surface area contributed by atoms with E-state index >= 15 is 0 Å². The quantitative estimate of drug-likeness (QED) is 0.752. The number of carbonyl (C=O) groups excluding carboxylic acids is 1. The molecule has 1 fully saturated rings. The Labute approximate surface area is 98.1 Å². The highest BCUT2D eigenvalue weighted by Crippen LogP contribution is 2.33. The molecule has 0 saturated heterocycles. The van der Waals surface area contributed by atoms with E-state index < -0.39 is 0 Å². The topological polar surface area (TPSA) is 44.0 Å². The van der Waals surface area contributed by atoms with Crippen LogP contribution in [0.1, 0.15) is 29.2 Å². The molecule has 4 nitrogen and oxygen atoms in total. The van der Waals surface area contributed by atoms with E-state index in [1.807, 2.05) is 6.20 Å². The number of imidazole rings is 1. The monoisotopic (exact) mass is 228 g/mol. The molecule has 1 aliphatic rings. The van der Waals surface area contributed by atoms with Gasteiger partial charge in [-0.15, -0.1) is 0 Å². The second kappa shape index (κ2) is 3.73. The Hall–Kier alpha value is -2.10. The molecule has 0 radical (unpaired) electrons. The average molecular weight is 228 g/mol. The maximum atomic E-state index is 12.1. The van der Waals surface area contributed by atoms with Crippen LogP contribution >= 0.6 is 0 Å². The van der Waals surface area contributed by atoms with Gasteiger partial charge in [-0.3, -0.25) is 13.9 Å². The van der Waals surface area contributed by atoms with Crippen molar-refractivity contribution in [2.24, 2.45) is 0 Å². The van der Waals surface area contributed by atoms with Gasteiger partial charge < -0.3 is 0 Å². The van der Waals surface area contributed by atoms with Crippen molar-refractivity contribution in [1.82, 2.24) is 9.13 Å². The van der Waals surface area contributed by atoms with Gasteiger partial charge in [0.2, 0.25) is 0 Å². The highest BCUT2D eigenvalue weighted by molar-refractivity contribution is 5.75. The molecule has 0 bridgehead atoms. The molecule has 0 N–H and O–H groups in total. The lowest BCUT2D eigenvalue weighted by atomic mass is 10.2. The van der Waals surface area contributed by atoms with Gasteiger partial charge in [-0.05, 0) is 37.1 Å². The van der Waals surface area contributed by atoms with Crippen molar-refractivity contribution in [2.75, 3.05) is 0 Å². The molecule has 0 atom stereocenters. The Morgan fingerprint density at radius 1 is 1.12 bits per heavy atom. The summed E-state index contributed by atoms with van der Waals surface area (Å²) in [5.74, 6) is 0. The van der Waals surface area contributed by atoms with Gasteiger partial charge in [-0.2, -0.15) is 0 Å². The summed E-state index contributed by atoms with van der Waals surface area (Å²) in [7, 11) is 0. The molecule has 1 aliphatic carbocycles. The minimum atomic E-state index is -0.00801. The van der Waals surface area contributed by atoms with Gasteiger partial charge in [0.1, 0.15) is 6.29 Å². The summed E-state index contributed by atoms with van der Waals surface area (Å²) in [6, 6.07) is 7.37. The van der Waals surface area contributed by atoms with Crippen LogP contribution in [0.5, 0.6) is 0 Å². The Morgan fingerprint density at radius 3 is 2.41 bits per heavy atom. The number of hydrogen-bond donors (Lipinski definition) is 0. The van der Waals surface area contributed by atoms with Gasteiger partial charge in [0, 0.05) is 24.0 Å². The van der Waals surface area contributed by atoms with Gasteiger partial charge in [0.15, 0.2) is 0 Å². The molecule has 4 heteroatoms. The second-order valence-electron chi connectivity index (χ2n) is 4.30. The highest BCUT2D eigenvalue weighted by atomic mass is 16.1. The molecule has 1 aromatic carbocycles. The third-order valence-corrected chi connectivity index (χ3v) is 3.05. The largest absolute Gasteiger partial charge is 0.332 e. The summed E-state index contributed by atoms with van der Waals surface area (Å²) in [6.45, 7) is 0. The first-order chi connectivity index (χ1) is 8.29. The molecule has 0 unspecified atom stereocenters. The summed E-state index contributed by atoms with van der Waals surface area (Å²) in [6.07, 6.45) is 6.58. The molecule has 86 valence electrons. The number of carbonyl (C=O) groups is 1. The molecule has 0 amide bonds. The van der Waals surface area contributed by atoms with Crippen molar-refractivity contribution in [2.45, 2.75) is 18.9 Å². The van der Waals surface area contributed by atoms with E-state index in [0.717, 1.165) is 24.8 Å². The number of rotatable bonds is 3. The average Bonchev–Trinajstić information content (AvgIpc) is 3.13. The number of nitrogens with zero attached hydrogens (tertiary/aromatic N) is 2. The summed E-state index contributed by atoms with van der Waals surface area (Å²) >= 11 is 0. The van der Waals surface area contributed by atoms with Crippen molar-refractivity contribution in [3.05, 3.63) is 52.7 Å². The third kappa shape index (κ3) is 1.71. The van der Waals surface area contributed by atoms with Crippen LogP contribution in [0, 0.1) is 0 Å². The van der Waals surface area contributed by atoms with E-state index in [1.165, 1.54) is 0 Å². The predicted molar refractivity (Wildman–Crippen MR) is 63.7 cm³/mol. The van der Waals surface area contributed by atoms with Gasteiger partial charge in [0.25, 0.3) is 0 Å². The normalized spacial score (nSPS) is 14.8. The number of hydrogen-bond acceptors (Lipinski definition) is 2. The maximum Gasteiger partial charge on any atom is 0.332 e. The zero-order chi connectivity index (χ0) is 11.8. The summed E-state index contributed by atoms with van der Waals surface area (Å²) in [5, 5.41) is 0. The summed E-state index contributed by atoms with van der Waals surface area (Å²) in [4.78, 5) is 22.6. The molecule has 1 heterocycles. The molecule has 17 heavy (non-hydrogen) atoms. The first-order valence-corrected chi connectivity index (χ1v) is 5.65. The summed E-state index contributed by atoms with van der Waals surface area (Å²) in [5.41, 5.74) is 1.40. The lowest BCUT2D eigenvalue weighted by molar-refractivity contribution is 0.112. The van der Waals surface area contributed by atoms with Crippen LogP contribution in [0.3, 0.4) is 0 Å². The van der Waals surface area contributed by atoms with Crippen molar-refractivity contribution < 1.29 is 4.79 Å². The Kier molecular flexibility index (Phi) is 2.21. The number of aldehydes is 1. The fourth-order valence-corrected chi connectivity index (χ4v) is 1.93. The van der Waals surface area contributed by atoms with Crippen molar-refractivity contribution in [1.29, 1.82) is 0 Å². The van der Waals surface area contributed by atoms with Crippen molar-refractivity contribution in [3.63, 3.8) is 0 Å². The van der Waals surface area contributed by atoms with E-state index in [2.05, 4.69) is 0 Å². The lowest BCUT2D eigenvalue weighted by Crippen LogP contribution is -2.22. The molecule has 1 aromatic heterocycles. The molecular formula is C13H12N2O2. The zero-order valence-corrected chi connectivity index (χ0v) is 9.24. The van der Waals surface area contributed by atoms with Gasteiger partial charge in [-0.1, -0.05) is 0 Å². The Morgan fingerprint density at radius 2 is 1.82 bits per heavy atom. The van der Waals surface area contributed by atoms with E-state index in [-0.39, 0.29) is 5.69 Å². The minimum Gasteiger partial charge on any atom is -0.298 e. The van der Waals surface area contributed by atoms with E-state index in [4.69, 9.17) is 0 Å². The molecule has 2 aromatic rings. The molecule has 1 saturated carbocycles. The highest BCUT2D eigenvalue weighted by Gasteiger charge is 2.25. The third-order valence-electron chi connectivity index (χ3n) is 3.05. The first-order valence-electron chi connectivity index (χ1n) is 5.65. The fourth-order valence-electron chi connectivity index (χ4n) is 1.93. The van der Waals surface area contributed by atoms with Gasteiger partial charge in [0.05, 0.1) is 5.69 Å². The van der Waals surface area contributed by atoms with E-state index in [1.54, 1.807) is 39.6 Å². The van der Waals surface area contributed by atoms with Crippen molar-refractivity contribution in [3.8, 4) is 5.69 Å². The SMILES string of the molecule is O=Cc1ccc(-n2ccn(C3CC3)c2=O)cc1. The summed E-state index contributed by atoms with van der Waals surface area (Å²) < 4.78 is 3.38. The Balaban J connectivity index is 2.02. The fraction of sp³-hybridized carbons (Fsp3) is 0.231. The smallest absolute Gasteiger partial charge is 0.298 e. The first kappa shape index (κ1) is 10.1. The maximum absolute atomic E-state index is 12.1. The van der Waals surface area contributed by atoms with Crippen LogP contribution in [0.25, 0.3) is 5.69 Å². The predicted octanol–water partition coefficient (Wildman–Crippen LogP) is 1.79. The van der Waals surface area contributed by atoms with E-state index in [0.29, 0.717) is 11.6 Å². The zero-order valence-electron chi connectivity index (χ0n) is 9.24. The standard InChI is InChI=1S/C13H12N2O2/c16-9-10-1-3-11(4-2-10)14-7-8-15(13(14)17)12-5-6-12/h1-4,7-9,12H,5-6H2. The number of aromatic nitrogens is 2. The van der Waals surface area contributed by atoms with Crippen LogP contribution in [0.4, 0.5) is 0 Å². The van der Waals surface area contributed by atoms with E-state index in [9.17, 15) is 9.59 Å². The molecular weight excluding hydrogens is 216 g/mol. The molecule has 0 spiro atoms. The van der Waals surface area contributed by atoms with Gasteiger partial charge in [-0.25, -0.2) is 4.79 Å².